The number of benzene rings is 2. The van der Waals surface area contributed by atoms with Crippen molar-refractivity contribution in [1.29, 1.82) is 0 Å². The van der Waals surface area contributed by atoms with Gasteiger partial charge in [-0.3, -0.25) is 9.78 Å². The first-order valence-electron chi connectivity index (χ1n) is 11.9. The number of hydrogen-bond acceptors (Lipinski definition) is 5. The lowest BCUT2D eigenvalue weighted by Crippen LogP contribution is -2.30. The van der Waals surface area contributed by atoms with Crippen molar-refractivity contribution in [2.24, 2.45) is 0 Å². The minimum absolute atomic E-state index is 0.0622. The van der Waals surface area contributed by atoms with Crippen molar-refractivity contribution in [3.05, 3.63) is 102 Å². The molecule has 2 aromatic heterocycles. The Labute approximate surface area is 231 Å². The average molecular weight is 548 g/mol. The van der Waals surface area contributed by atoms with Crippen molar-refractivity contribution in [2.75, 3.05) is 31.0 Å². The SMILES string of the molecule is COCC(=O)Nc1ccc(N2C(=S)N[C@@H](c3ccccn3)[C@H]2c2cccn2-c2cccc(OC)c2)cc1Cl. The van der Waals surface area contributed by atoms with Gasteiger partial charge in [0.2, 0.25) is 5.91 Å². The van der Waals surface area contributed by atoms with E-state index < -0.39 is 0 Å². The zero-order valence-corrected chi connectivity index (χ0v) is 22.4. The van der Waals surface area contributed by atoms with Crippen molar-refractivity contribution in [1.82, 2.24) is 14.9 Å². The molecule has 1 fully saturated rings. The molecular formula is C28H26ClN5O3S. The largest absolute Gasteiger partial charge is 0.497 e. The van der Waals surface area contributed by atoms with E-state index >= 15 is 0 Å². The number of carbonyl (C=O) groups is 1. The van der Waals surface area contributed by atoms with Gasteiger partial charge >= 0.3 is 0 Å². The Hall–Kier alpha value is -3.92. The van der Waals surface area contributed by atoms with E-state index in [-0.39, 0.29) is 24.6 Å². The molecule has 4 aromatic rings. The summed E-state index contributed by atoms with van der Waals surface area (Å²) in [6, 6.07) is 22.7. The summed E-state index contributed by atoms with van der Waals surface area (Å²) in [5, 5.41) is 7.16. The third-order valence-corrected chi connectivity index (χ3v) is 6.92. The second kappa shape index (κ2) is 11.2. The Morgan fingerprint density at radius 1 is 1.08 bits per heavy atom. The van der Waals surface area contributed by atoms with Crippen molar-refractivity contribution in [3.8, 4) is 11.4 Å². The number of rotatable bonds is 8. The number of ether oxygens (including phenoxy) is 2. The van der Waals surface area contributed by atoms with Gasteiger partial charge in [-0.05, 0) is 66.8 Å². The van der Waals surface area contributed by atoms with E-state index in [1.54, 1.807) is 25.4 Å². The molecule has 0 aliphatic carbocycles. The highest BCUT2D eigenvalue weighted by molar-refractivity contribution is 7.80. The van der Waals surface area contributed by atoms with Crippen LogP contribution in [0.25, 0.3) is 5.69 Å². The first kappa shape index (κ1) is 25.7. The molecule has 194 valence electrons. The van der Waals surface area contributed by atoms with Crippen molar-refractivity contribution < 1.29 is 14.3 Å². The second-order valence-corrected chi connectivity index (χ2v) is 9.44. The van der Waals surface area contributed by atoms with Gasteiger partial charge in [-0.25, -0.2) is 0 Å². The first-order valence-corrected chi connectivity index (χ1v) is 12.7. The van der Waals surface area contributed by atoms with Gasteiger partial charge < -0.3 is 29.6 Å². The minimum atomic E-state index is -0.287. The molecule has 5 rings (SSSR count). The summed E-state index contributed by atoms with van der Waals surface area (Å²) in [6.45, 7) is -0.0622. The van der Waals surface area contributed by atoms with Crippen LogP contribution in [0.1, 0.15) is 23.5 Å². The van der Waals surface area contributed by atoms with E-state index in [1.165, 1.54) is 7.11 Å². The fourth-order valence-electron chi connectivity index (χ4n) is 4.64. The Kier molecular flexibility index (Phi) is 7.59. The number of pyridine rings is 1. The van der Waals surface area contributed by atoms with Crippen LogP contribution in [0.3, 0.4) is 0 Å². The zero-order chi connectivity index (χ0) is 26.6. The molecule has 1 saturated heterocycles. The number of hydrogen-bond donors (Lipinski definition) is 2. The molecular weight excluding hydrogens is 522 g/mol. The van der Waals surface area contributed by atoms with Crippen LogP contribution < -0.4 is 20.3 Å². The van der Waals surface area contributed by atoms with Crippen LogP contribution in [-0.4, -0.2) is 41.4 Å². The van der Waals surface area contributed by atoms with Gasteiger partial charge in [0.05, 0.1) is 29.6 Å². The highest BCUT2D eigenvalue weighted by Gasteiger charge is 2.42. The number of nitrogens with zero attached hydrogens (tertiary/aromatic N) is 3. The third kappa shape index (κ3) is 5.08. The molecule has 0 unspecified atom stereocenters. The van der Waals surface area contributed by atoms with Crippen LogP contribution in [0, 0.1) is 0 Å². The molecule has 1 aliphatic heterocycles. The summed E-state index contributed by atoms with van der Waals surface area (Å²) in [6.07, 6.45) is 3.79. The molecule has 10 heteroatoms. The lowest BCUT2D eigenvalue weighted by molar-refractivity contribution is -0.119. The van der Waals surface area contributed by atoms with Crippen LogP contribution in [0.4, 0.5) is 11.4 Å². The molecule has 3 heterocycles. The predicted molar refractivity (Wildman–Crippen MR) is 152 cm³/mol. The van der Waals surface area contributed by atoms with Crippen LogP contribution in [0.2, 0.25) is 5.02 Å². The number of aromatic nitrogens is 2. The maximum atomic E-state index is 12.0. The fourth-order valence-corrected chi connectivity index (χ4v) is 5.20. The number of amides is 1. The number of nitrogens with one attached hydrogen (secondary N) is 2. The first-order chi connectivity index (χ1) is 18.5. The van der Waals surface area contributed by atoms with Crippen molar-refractivity contribution in [2.45, 2.75) is 12.1 Å². The predicted octanol–water partition coefficient (Wildman–Crippen LogP) is 5.30. The molecule has 1 amide bonds. The van der Waals surface area contributed by atoms with E-state index in [1.807, 2.05) is 65.7 Å². The second-order valence-electron chi connectivity index (χ2n) is 8.65. The van der Waals surface area contributed by atoms with Gasteiger partial charge in [0, 0.05) is 42.6 Å². The van der Waals surface area contributed by atoms with E-state index in [2.05, 4.69) is 26.3 Å². The standard InChI is InChI=1S/C28H26ClN5O3S/c1-36-17-25(35)31-22-12-11-19(16-21(22)29)34-27(26(32-28(34)38)23-9-3-4-13-30-23)24-10-6-14-33(24)18-7-5-8-20(15-18)37-2/h3-16,26-27H,17H2,1-2H3,(H,31,35)(H,32,38)/t26-,27+/m0/s1. The summed E-state index contributed by atoms with van der Waals surface area (Å²) < 4.78 is 12.5. The molecule has 0 spiro atoms. The average Bonchev–Trinajstić information content (AvgIpc) is 3.55. The van der Waals surface area contributed by atoms with E-state index in [9.17, 15) is 4.79 Å². The molecule has 0 saturated carbocycles. The molecule has 38 heavy (non-hydrogen) atoms. The lowest BCUT2D eigenvalue weighted by Gasteiger charge is -2.29. The van der Waals surface area contributed by atoms with E-state index in [0.29, 0.717) is 15.8 Å². The third-order valence-electron chi connectivity index (χ3n) is 6.29. The molecule has 8 nitrogen and oxygen atoms in total. The number of anilines is 2. The van der Waals surface area contributed by atoms with Gasteiger partial charge in [0.25, 0.3) is 0 Å². The van der Waals surface area contributed by atoms with Crippen LogP contribution in [-0.2, 0) is 9.53 Å². The maximum Gasteiger partial charge on any atom is 0.250 e. The Bertz CT molecular complexity index is 1460. The summed E-state index contributed by atoms with van der Waals surface area (Å²) in [4.78, 5) is 18.7. The molecule has 0 bridgehead atoms. The Morgan fingerprint density at radius 2 is 1.95 bits per heavy atom. The topological polar surface area (TPSA) is 80.7 Å². The molecule has 2 N–H and O–H groups in total. The summed E-state index contributed by atoms with van der Waals surface area (Å²) in [5.74, 6) is 0.475. The molecule has 1 aliphatic rings. The molecule has 0 radical (unpaired) electrons. The van der Waals surface area contributed by atoms with Crippen LogP contribution >= 0.6 is 23.8 Å². The molecule has 2 atom stereocenters. The quantitative estimate of drug-likeness (QED) is 0.290. The Morgan fingerprint density at radius 3 is 2.68 bits per heavy atom. The van der Waals surface area contributed by atoms with Gasteiger partial charge in [0.1, 0.15) is 18.4 Å². The fraction of sp³-hybridized carbons (Fsp3) is 0.179. The summed E-state index contributed by atoms with van der Waals surface area (Å²) in [5.41, 5.74) is 4.08. The maximum absolute atomic E-state index is 12.0. The smallest absolute Gasteiger partial charge is 0.250 e. The van der Waals surface area contributed by atoms with Crippen LogP contribution in [0.15, 0.2) is 85.2 Å². The zero-order valence-electron chi connectivity index (χ0n) is 20.8. The van der Waals surface area contributed by atoms with Gasteiger partial charge in [-0.1, -0.05) is 23.7 Å². The number of carbonyl (C=O) groups excluding carboxylic acids is 1. The molecule has 2 aromatic carbocycles. The highest BCUT2D eigenvalue weighted by Crippen LogP contribution is 2.43. The van der Waals surface area contributed by atoms with Crippen molar-refractivity contribution >= 4 is 46.2 Å². The number of halogens is 1. The van der Waals surface area contributed by atoms with Crippen molar-refractivity contribution in [3.63, 3.8) is 0 Å². The summed E-state index contributed by atoms with van der Waals surface area (Å²) in [7, 11) is 3.12. The highest BCUT2D eigenvalue weighted by atomic mass is 35.5. The summed E-state index contributed by atoms with van der Waals surface area (Å²) >= 11 is 12.5. The number of thiocarbonyl (C=S) groups is 1. The van der Waals surface area contributed by atoms with E-state index in [4.69, 9.17) is 33.3 Å². The Balaban J connectivity index is 1.59. The van der Waals surface area contributed by atoms with Gasteiger partial charge in [0.15, 0.2) is 5.11 Å². The van der Waals surface area contributed by atoms with Gasteiger partial charge in [-0.15, -0.1) is 0 Å². The van der Waals surface area contributed by atoms with E-state index in [0.717, 1.165) is 28.5 Å². The lowest BCUT2D eigenvalue weighted by atomic mass is 10.0. The monoisotopic (exact) mass is 547 g/mol. The van der Waals surface area contributed by atoms with Crippen LogP contribution in [0.5, 0.6) is 5.75 Å². The van der Waals surface area contributed by atoms with Gasteiger partial charge in [-0.2, -0.15) is 0 Å². The normalized spacial score (nSPS) is 16.8. The minimum Gasteiger partial charge on any atom is -0.497 e. The number of methoxy groups -OCH3 is 2.